The molecule has 12 heavy (non-hydrogen) atoms. The molecule has 0 aliphatic heterocycles. The summed E-state index contributed by atoms with van der Waals surface area (Å²) in [6.07, 6.45) is 14.8. The summed E-state index contributed by atoms with van der Waals surface area (Å²) in [6, 6.07) is 0. The van der Waals surface area contributed by atoms with Crippen LogP contribution in [0.3, 0.4) is 0 Å². The minimum absolute atomic E-state index is 0.681. The van der Waals surface area contributed by atoms with Gasteiger partial charge in [-0.3, -0.25) is 0 Å². The molecule has 0 heteroatoms. The Morgan fingerprint density at radius 3 is 2.75 bits per heavy atom. The van der Waals surface area contributed by atoms with Gasteiger partial charge in [-0.25, -0.2) is 0 Å². The highest BCUT2D eigenvalue weighted by Gasteiger charge is 2.08. The first kappa shape index (κ1) is 9.31. The summed E-state index contributed by atoms with van der Waals surface area (Å²) in [6.45, 7) is 4.45. The maximum absolute atomic E-state index is 2.37. The van der Waals surface area contributed by atoms with Gasteiger partial charge in [0.1, 0.15) is 0 Å². The Kier molecular flexibility index (Phi) is 3.86. The normalized spacial score (nSPS) is 23.2. The van der Waals surface area contributed by atoms with Crippen molar-refractivity contribution in [1.29, 1.82) is 0 Å². The second-order valence-electron chi connectivity index (χ2n) is 3.20. The van der Waals surface area contributed by atoms with Crippen LogP contribution in [0.1, 0.15) is 33.1 Å². The van der Waals surface area contributed by atoms with Crippen LogP contribution in [0, 0.1) is 5.92 Å². The fraction of sp³-hybridized carbons (Fsp3) is 0.500. The smallest absolute Gasteiger partial charge is 0.00143 e. The van der Waals surface area contributed by atoms with E-state index in [2.05, 4.69) is 44.2 Å². The zero-order valence-electron chi connectivity index (χ0n) is 8.09. The second kappa shape index (κ2) is 4.97. The molecule has 0 spiro atoms. The van der Waals surface area contributed by atoms with Gasteiger partial charge in [0, 0.05) is 5.92 Å². The number of allylic oxidation sites excluding steroid dienone is 6. The van der Waals surface area contributed by atoms with Crippen LogP contribution < -0.4 is 0 Å². The van der Waals surface area contributed by atoms with E-state index in [4.69, 9.17) is 0 Å². The molecule has 0 N–H and O–H groups in total. The zero-order valence-corrected chi connectivity index (χ0v) is 8.09. The monoisotopic (exact) mass is 162 g/mol. The van der Waals surface area contributed by atoms with E-state index in [0.29, 0.717) is 5.92 Å². The summed E-state index contributed by atoms with van der Waals surface area (Å²) in [5, 5.41) is 0. The van der Waals surface area contributed by atoms with E-state index in [0.717, 1.165) is 6.42 Å². The first-order valence-corrected chi connectivity index (χ1v) is 4.90. The molecule has 0 saturated heterocycles. The summed E-state index contributed by atoms with van der Waals surface area (Å²) >= 11 is 0. The minimum Gasteiger partial charge on any atom is -0.0850 e. The van der Waals surface area contributed by atoms with E-state index in [1.807, 2.05) is 0 Å². The van der Waals surface area contributed by atoms with Crippen molar-refractivity contribution >= 4 is 0 Å². The van der Waals surface area contributed by atoms with Crippen LogP contribution in [0.2, 0.25) is 0 Å². The van der Waals surface area contributed by atoms with Gasteiger partial charge in [-0.2, -0.15) is 0 Å². The number of hydrogen-bond acceptors (Lipinski definition) is 0. The minimum atomic E-state index is 0.681. The van der Waals surface area contributed by atoms with Crippen LogP contribution in [0.25, 0.3) is 0 Å². The van der Waals surface area contributed by atoms with Crippen LogP contribution in [0.4, 0.5) is 0 Å². The maximum Gasteiger partial charge on any atom is 0.00143 e. The molecule has 0 fully saturated rings. The number of hydrogen-bond donors (Lipinski definition) is 0. The molecule has 1 unspecified atom stereocenters. The fourth-order valence-electron chi connectivity index (χ4n) is 1.68. The third kappa shape index (κ3) is 2.37. The van der Waals surface area contributed by atoms with Gasteiger partial charge < -0.3 is 0 Å². The highest BCUT2D eigenvalue weighted by molar-refractivity contribution is 5.21. The molecule has 0 aromatic rings. The molecule has 0 radical (unpaired) electrons. The Bertz CT molecular complexity index is 206. The van der Waals surface area contributed by atoms with Crippen molar-refractivity contribution < 1.29 is 0 Å². The average molecular weight is 162 g/mol. The third-order valence-corrected chi connectivity index (χ3v) is 2.33. The quantitative estimate of drug-likeness (QED) is 0.553. The Morgan fingerprint density at radius 2 is 2.25 bits per heavy atom. The standard InChI is InChI=1S/C12H18/c1-3-8-11(4-2)12-9-6-5-7-10-12/h5-9,12H,3-4,10H2,1-2H3/b11-8+. The van der Waals surface area contributed by atoms with Crippen molar-refractivity contribution in [2.24, 2.45) is 5.92 Å². The largest absolute Gasteiger partial charge is 0.0850 e. The van der Waals surface area contributed by atoms with Crippen LogP contribution in [0.5, 0.6) is 0 Å². The first-order chi connectivity index (χ1) is 5.88. The van der Waals surface area contributed by atoms with Gasteiger partial charge in [0.05, 0.1) is 0 Å². The number of rotatable bonds is 3. The molecule has 1 aliphatic rings. The summed E-state index contributed by atoms with van der Waals surface area (Å²) in [5.74, 6) is 0.681. The van der Waals surface area contributed by atoms with E-state index in [-0.39, 0.29) is 0 Å². The molecule has 0 saturated carbocycles. The Balaban J connectivity index is 2.60. The highest BCUT2D eigenvalue weighted by Crippen LogP contribution is 2.23. The van der Waals surface area contributed by atoms with Crippen molar-refractivity contribution in [3.8, 4) is 0 Å². The van der Waals surface area contributed by atoms with E-state index >= 15 is 0 Å². The summed E-state index contributed by atoms with van der Waals surface area (Å²) in [5.41, 5.74) is 1.60. The summed E-state index contributed by atoms with van der Waals surface area (Å²) < 4.78 is 0. The predicted octanol–water partition coefficient (Wildman–Crippen LogP) is 3.87. The van der Waals surface area contributed by atoms with Crippen LogP contribution in [-0.2, 0) is 0 Å². The van der Waals surface area contributed by atoms with Gasteiger partial charge in [0.2, 0.25) is 0 Å². The lowest BCUT2D eigenvalue weighted by molar-refractivity contribution is 0.726. The molecular formula is C12H18. The molecule has 1 aliphatic carbocycles. The van der Waals surface area contributed by atoms with Gasteiger partial charge in [0.15, 0.2) is 0 Å². The fourth-order valence-corrected chi connectivity index (χ4v) is 1.68. The molecular weight excluding hydrogens is 144 g/mol. The molecule has 1 rings (SSSR count). The zero-order chi connectivity index (χ0) is 8.81. The van der Waals surface area contributed by atoms with Gasteiger partial charge >= 0.3 is 0 Å². The average Bonchev–Trinajstić information content (AvgIpc) is 2.15. The van der Waals surface area contributed by atoms with Crippen LogP contribution >= 0.6 is 0 Å². The molecule has 0 bridgehead atoms. The van der Waals surface area contributed by atoms with Gasteiger partial charge in [0.25, 0.3) is 0 Å². The van der Waals surface area contributed by atoms with Crippen molar-refractivity contribution in [2.45, 2.75) is 33.1 Å². The summed E-state index contributed by atoms with van der Waals surface area (Å²) in [7, 11) is 0. The summed E-state index contributed by atoms with van der Waals surface area (Å²) in [4.78, 5) is 0. The molecule has 0 aromatic heterocycles. The molecule has 0 heterocycles. The third-order valence-electron chi connectivity index (χ3n) is 2.33. The second-order valence-corrected chi connectivity index (χ2v) is 3.20. The first-order valence-electron chi connectivity index (χ1n) is 4.90. The highest BCUT2D eigenvalue weighted by atomic mass is 14.1. The van der Waals surface area contributed by atoms with E-state index in [1.165, 1.54) is 12.8 Å². The van der Waals surface area contributed by atoms with E-state index in [1.54, 1.807) is 5.57 Å². The van der Waals surface area contributed by atoms with Crippen molar-refractivity contribution in [3.63, 3.8) is 0 Å². The van der Waals surface area contributed by atoms with E-state index in [9.17, 15) is 0 Å². The molecule has 1 atom stereocenters. The van der Waals surface area contributed by atoms with E-state index < -0.39 is 0 Å². The van der Waals surface area contributed by atoms with Gasteiger partial charge in [-0.05, 0) is 19.3 Å². The van der Waals surface area contributed by atoms with Crippen molar-refractivity contribution in [2.75, 3.05) is 0 Å². The maximum atomic E-state index is 2.37. The Hall–Kier alpha value is -0.780. The molecule has 0 amide bonds. The topological polar surface area (TPSA) is 0 Å². The molecule has 0 aromatic carbocycles. The molecule has 66 valence electrons. The predicted molar refractivity (Wildman–Crippen MR) is 55.1 cm³/mol. The lowest BCUT2D eigenvalue weighted by Gasteiger charge is -2.15. The van der Waals surface area contributed by atoms with Gasteiger partial charge in [-0.1, -0.05) is 49.8 Å². The van der Waals surface area contributed by atoms with Crippen molar-refractivity contribution in [3.05, 3.63) is 36.0 Å². The SMILES string of the molecule is CC/C=C(\CC)C1C=CC=CC1. The van der Waals surface area contributed by atoms with Gasteiger partial charge in [-0.15, -0.1) is 0 Å². The lowest BCUT2D eigenvalue weighted by atomic mass is 9.90. The van der Waals surface area contributed by atoms with Crippen LogP contribution in [-0.4, -0.2) is 0 Å². The van der Waals surface area contributed by atoms with Crippen LogP contribution in [0.15, 0.2) is 36.0 Å². The van der Waals surface area contributed by atoms with Crippen molar-refractivity contribution in [1.82, 2.24) is 0 Å². The Labute approximate surface area is 75.7 Å². The lowest BCUT2D eigenvalue weighted by Crippen LogP contribution is -2.01. The molecule has 0 nitrogen and oxygen atoms in total. The Morgan fingerprint density at radius 1 is 1.42 bits per heavy atom.